The Balaban J connectivity index is 2.18. The Kier molecular flexibility index (Phi) is 3.76. The van der Waals surface area contributed by atoms with Crippen LogP contribution in [0.3, 0.4) is 0 Å². The topological polar surface area (TPSA) is 70.6 Å². The molecule has 20 heavy (non-hydrogen) atoms. The number of halogens is 3. The van der Waals surface area contributed by atoms with E-state index in [0.29, 0.717) is 13.1 Å². The summed E-state index contributed by atoms with van der Waals surface area (Å²) >= 11 is 0. The van der Waals surface area contributed by atoms with Crippen molar-refractivity contribution in [3.8, 4) is 5.75 Å². The van der Waals surface area contributed by atoms with E-state index in [4.69, 9.17) is 5.11 Å². The Bertz CT molecular complexity index is 501. The Hall–Kier alpha value is -1.96. The normalized spacial score (nSPS) is 17.1. The van der Waals surface area contributed by atoms with Gasteiger partial charge in [-0.1, -0.05) is 12.1 Å². The molecule has 1 aromatic carbocycles. The van der Waals surface area contributed by atoms with E-state index in [-0.39, 0.29) is 17.9 Å². The Morgan fingerprint density at radius 1 is 1.40 bits per heavy atom. The molecule has 1 aromatic rings. The summed E-state index contributed by atoms with van der Waals surface area (Å²) in [5.41, 5.74) is -0.677. The molecule has 0 atom stereocenters. The first kappa shape index (κ1) is 14.4. The highest BCUT2D eigenvalue weighted by atomic mass is 19.4. The number of carboxylic acids is 1. The minimum atomic E-state index is -4.80. The second-order valence-electron chi connectivity index (χ2n) is 4.62. The van der Waals surface area contributed by atoms with Crippen molar-refractivity contribution in [1.82, 2.24) is 5.32 Å². The molecule has 5 nitrogen and oxygen atoms in total. The van der Waals surface area contributed by atoms with Gasteiger partial charge in [-0.3, -0.25) is 4.79 Å². The second-order valence-corrected chi connectivity index (χ2v) is 4.62. The predicted octanol–water partition coefficient (Wildman–Crippen LogP) is 1.81. The van der Waals surface area contributed by atoms with Crippen molar-refractivity contribution in [2.24, 2.45) is 0 Å². The molecule has 1 saturated heterocycles. The molecule has 3 N–H and O–H groups in total. The summed E-state index contributed by atoms with van der Waals surface area (Å²) in [5, 5.41) is 14.6. The number of alkyl halides is 3. The molecule has 1 aliphatic rings. The van der Waals surface area contributed by atoms with Crippen LogP contribution in [0.2, 0.25) is 0 Å². The van der Waals surface area contributed by atoms with E-state index in [1.807, 2.05) is 0 Å². The van der Waals surface area contributed by atoms with Gasteiger partial charge < -0.3 is 20.5 Å². The lowest BCUT2D eigenvalue weighted by Gasteiger charge is -2.43. The molecule has 0 aliphatic carbocycles. The zero-order valence-corrected chi connectivity index (χ0v) is 10.3. The summed E-state index contributed by atoms with van der Waals surface area (Å²) in [4.78, 5) is 10.8. The smallest absolute Gasteiger partial charge is 0.481 e. The van der Waals surface area contributed by atoms with E-state index in [1.54, 1.807) is 6.07 Å². The summed E-state index contributed by atoms with van der Waals surface area (Å²) in [7, 11) is 0. The number of ether oxygens (including phenoxy) is 1. The number of para-hydroxylation sites is 2. The van der Waals surface area contributed by atoms with Crippen LogP contribution in [0.5, 0.6) is 5.75 Å². The van der Waals surface area contributed by atoms with Crippen molar-refractivity contribution < 1.29 is 27.8 Å². The van der Waals surface area contributed by atoms with E-state index in [9.17, 15) is 18.0 Å². The van der Waals surface area contributed by atoms with Gasteiger partial charge in [-0.15, -0.1) is 13.2 Å². The zero-order valence-electron chi connectivity index (χ0n) is 10.3. The van der Waals surface area contributed by atoms with E-state index in [1.165, 1.54) is 18.2 Å². The van der Waals surface area contributed by atoms with Crippen LogP contribution in [-0.2, 0) is 4.79 Å². The zero-order chi connectivity index (χ0) is 14.8. The average molecular weight is 290 g/mol. The lowest BCUT2D eigenvalue weighted by molar-refractivity contribution is -0.274. The second kappa shape index (κ2) is 5.20. The molecule has 0 saturated carbocycles. The van der Waals surface area contributed by atoms with Gasteiger partial charge in [-0.25, -0.2) is 0 Å². The number of carboxylic acid groups (broad SMARTS) is 1. The molecule has 0 unspecified atom stereocenters. The Morgan fingerprint density at radius 2 is 2.05 bits per heavy atom. The molecule has 110 valence electrons. The number of hydrogen-bond donors (Lipinski definition) is 3. The van der Waals surface area contributed by atoms with Crippen molar-refractivity contribution in [2.45, 2.75) is 18.3 Å². The summed E-state index contributed by atoms with van der Waals surface area (Å²) in [5.74, 6) is -1.40. The maximum Gasteiger partial charge on any atom is 0.573 e. The highest BCUT2D eigenvalue weighted by Gasteiger charge is 2.40. The van der Waals surface area contributed by atoms with E-state index < -0.39 is 17.9 Å². The summed E-state index contributed by atoms with van der Waals surface area (Å²) in [6, 6.07) is 5.56. The summed E-state index contributed by atoms with van der Waals surface area (Å²) in [6.07, 6.45) is -4.99. The molecule has 1 heterocycles. The van der Waals surface area contributed by atoms with Crippen LogP contribution in [-0.4, -0.2) is 36.1 Å². The van der Waals surface area contributed by atoms with Gasteiger partial charge in [-0.2, -0.15) is 0 Å². The lowest BCUT2D eigenvalue weighted by Crippen LogP contribution is -2.65. The fourth-order valence-corrected chi connectivity index (χ4v) is 2.04. The molecule has 8 heteroatoms. The van der Waals surface area contributed by atoms with Crippen molar-refractivity contribution >= 4 is 11.7 Å². The molecule has 0 amide bonds. The van der Waals surface area contributed by atoms with Crippen LogP contribution in [0.1, 0.15) is 6.42 Å². The lowest BCUT2D eigenvalue weighted by atomic mass is 9.88. The molecule has 0 radical (unpaired) electrons. The van der Waals surface area contributed by atoms with Gasteiger partial charge in [0.15, 0.2) is 5.75 Å². The number of carbonyl (C=O) groups is 1. The maximum atomic E-state index is 12.3. The van der Waals surface area contributed by atoms with Crippen molar-refractivity contribution in [3.63, 3.8) is 0 Å². The van der Waals surface area contributed by atoms with Crippen LogP contribution < -0.4 is 15.4 Å². The van der Waals surface area contributed by atoms with Gasteiger partial charge in [0, 0.05) is 13.1 Å². The third-order valence-corrected chi connectivity index (χ3v) is 2.93. The first-order chi connectivity index (χ1) is 9.30. The van der Waals surface area contributed by atoms with Crippen LogP contribution >= 0.6 is 0 Å². The first-order valence-electron chi connectivity index (χ1n) is 5.85. The number of aliphatic carboxylic acids is 1. The number of benzene rings is 1. The SMILES string of the molecule is O=C(O)CC1(Nc2ccccc2OC(F)(F)F)CNC1. The monoisotopic (exact) mass is 290 g/mol. The van der Waals surface area contributed by atoms with Crippen LogP contribution in [0, 0.1) is 0 Å². The standard InChI is InChI=1S/C12H13F3N2O3/c13-12(14,15)20-9-4-2-1-3-8(9)17-11(5-10(18)19)6-16-7-11/h1-4,16-17H,5-7H2,(H,18,19). The number of rotatable bonds is 5. The fourth-order valence-electron chi connectivity index (χ4n) is 2.04. The number of hydrogen-bond acceptors (Lipinski definition) is 4. The first-order valence-corrected chi connectivity index (χ1v) is 5.85. The van der Waals surface area contributed by atoms with Gasteiger partial charge in [0.05, 0.1) is 17.6 Å². The van der Waals surface area contributed by atoms with Crippen molar-refractivity contribution in [2.75, 3.05) is 18.4 Å². The van der Waals surface area contributed by atoms with Crippen LogP contribution in [0.25, 0.3) is 0 Å². The Labute approximate surface area is 112 Å². The largest absolute Gasteiger partial charge is 0.573 e. The highest BCUT2D eigenvalue weighted by molar-refractivity contribution is 5.71. The number of nitrogens with one attached hydrogen (secondary N) is 2. The van der Waals surface area contributed by atoms with E-state index in [0.717, 1.165) is 0 Å². The summed E-state index contributed by atoms with van der Waals surface area (Å²) in [6.45, 7) is 0.722. The molecule has 0 aromatic heterocycles. The third kappa shape index (κ3) is 3.53. The number of anilines is 1. The minimum Gasteiger partial charge on any atom is -0.481 e. The molecular weight excluding hydrogens is 277 g/mol. The van der Waals surface area contributed by atoms with Crippen LogP contribution in [0.15, 0.2) is 24.3 Å². The molecular formula is C12H13F3N2O3. The summed E-state index contributed by atoms with van der Waals surface area (Å²) < 4.78 is 40.8. The van der Waals surface area contributed by atoms with Gasteiger partial charge in [-0.05, 0) is 12.1 Å². The van der Waals surface area contributed by atoms with Crippen molar-refractivity contribution in [1.29, 1.82) is 0 Å². The third-order valence-electron chi connectivity index (χ3n) is 2.93. The van der Waals surface area contributed by atoms with Crippen molar-refractivity contribution in [3.05, 3.63) is 24.3 Å². The van der Waals surface area contributed by atoms with Gasteiger partial charge in [0.25, 0.3) is 0 Å². The Morgan fingerprint density at radius 3 is 2.55 bits per heavy atom. The highest BCUT2D eigenvalue weighted by Crippen LogP contribution is 2.33. The quantitative estimate of drug-likeness (QED) is 0.771. The van der Waals surface area contributed by atoms with Gasteiger partial charge >= 0.3 is 12.3 Å². The van der Waals surface area contributed by atoms with E-state index >= 15 is 0 Å². The molecule has 1 aliphatic heterocycles. The molecule has 0 spiro atoms. The van der Waals surface area contributed by atoms with Gasteiger partial charge in [0.1, 0.15) is 0 Å². The average Bonchev–Trinajstić information content (AvgIpc) is 2.26. The van der Waals surface area contributed by atoms with E-state index in [2.05, 4.69) is 15.4 Å². The van der Waals surface area contributed by atoms with Crippen LogP contribution in [0.4, 0.5) is 18.9 Å². The predicted molar refractivity (Wildman–Crippen MR) is 64.6 cm³/mol. The molecule has 2 rings (SSSR count). The molecule has 0 bridgehead atoms. The van der Waals surface area contributed by atoms with Gasteiger partial charge in [0.2, 0.25) is 0 Å². The fraction of sp³-hybridized carbons (Fsp3) is 0.417. The maximum absolute atomic E-state index is 12.3. The molecule has 1 fully saturated rings. The minimum absolute atomic E-state index is 0.118.